The number of nitrogens with zero attached hydrogens (tertiary/aromatic N) is 2. The first-order valence-corrected chi connectivity index (χ1v) is 32.5. The highest BCUT2D eigenvalue weighted by molar-refractivity contribution is 6.10. The van der Waals surface area contributed by atoms with Crippen molar-refractivity contribution in [1.82, 2.24) is 4.57 Å². The first-order chi connectivity index (χ1) is 41.9. The van der Waals surface area contributed by atoms with E-state index in [0.717, 1.165) is 22.7 Å². The van der Waals surface area contributed by atoms with Crippen LogP contribution in [0.25, 0.3) is 83.1 Å². The van der Waals surface area contributed by atoms with Crippen LogP contribution in [-0.2, 0) is 5.41 Å². The van der Waals surface area contributed by atoms with E-state index in [0.29, 0.717) is 0 Å². The molecular formula is C83H86N2. The molecule has 12 rings (SSSR count). The number of para-hydroxylation sites is 1. The summed E-state index contributed by atoms with van der Waals surface area (Å²) in [6.07, 6.45) is 24.0. The van der Waals surface area contributed by atoms with E-state index in [1.54, 1.807) is 11.1 Å². The Hall–Kier alpha value is -8.20. The number of anilines is 3. The molecule has 0 radical (unpaired) electrons. The molecule has 0 unspecified atom stereocenters. The van der Waals surface area contributed by atoms with Gasteiger partial charge in [0.2, 0.25) is 0 Å². The van der Waals surface area contributed by atoms with Crippen LogP contribution in [0.2, 0.25) is 0 Å². The summed E-state index contributed by atoms with van der Waals surface area (Å²) in [5.41, 5.74) is 25.5. The van der Waals surface area contributed by atoms with Crippen molar-refractivity contribution >= 4 is 38.9 Å². The SMILES string of the molecule is CCCCCCCCCCC1(CCCCCCCCCC)c2cc(C)ccc2-c2ccc(-c3ccc(N(c4ccc(C)cc4)c4ccc(-c5ccc6c7ccccc7n(-c7cccc(-c8cccc(-c9ccccc9)c8)c7)c6c5)cc4)cc3)cc21. The van der Waals surface area contributed by atoms with Crippen LogP contribution in [0.5, 0.6) is 0 Å². The summed E-state index contributed by atoms with van der Waals surface area (Å²) in [6.45, 7) is 9.12. The standard InChI is InChI=1S/C83H86N2/c1-5-7-9-11-13-15-17-24-54-83(55-25-18-16-14-12-10-8-6-2)79-56-62(4)38-51-75(79)76-52-43-69(59-80(76)83)64-39-47-72(48-40-64)84(71-45-36-61(3)37-46-71)73-49-41-65(42-50-73)70-44-53-78-77-34-22-23-35-81(77)85(82(78)60-70)74-33-27-32-68(58-74)67-31-26-30-66(57-67)63-28-20-19-21-29-63/h19-23,26-53,56-60H,5-18,24-25,54-55H2,1-4H3. The first kappa shape index (κ1) is 57.2. The number of hydrogen-bond acceptors (Lipinski definition) is 1. The molecule has 1 aliphatic rings. The summed E-state index contributed by atoms with van der Waals surface area (Å²) >= 11 is 0. The van der Waals surface area contributed by atoms with E-state index in [1.165, 1.54) is 204 Å². The molecule has 0 saturated carbocycles. The molecule has 1 aromatic heterocycles. The minimum absolute atomic E-state index is 0.0400. The number of rotatable bonds is 26. The van der Waals surface area contributed by atoms with Gasteiger partial charge in [0.25, 0.3) is 0 Å². The first-order valence-electron chi connectivity index (χ1n) is 32.5. The normalized spacial score (nSPS) is 12.5. The van der Waals surface area contributed by atoms with Crippen molar-refractivity contribution in [1.29, 1.82) is 0 Å². The maximum Gasteiger partial charge on any atom is 0.0547 e. The quantitative estimate of drug-likeness (QED) is 0.0491. The minimum atomic E-state index is 0.0400. The number of aromatic nitrogens is 1. The van der Waals surface area contributed by atoms with Crippen molar-refractivity contribution in [3.8, 4) is 61.3 Å². The molecule has 2 nitrogen and oxygen atoms in total. The predicted molar refractivity (Wildman–Crippen MR) is 367 cm³/mol. The summed E-state index contributed by atoms with van der Waals surface area (Å²) in [5, 5.41) is 2.50. The maximum absolute atomic E-state index is 2.62. The zero-order valence-electron chi connectivity index (χ0n) is 51.1. The second-order valence-corrected chi connectivity index (χ2v) is 24.7. The second kappa shape index (κ2) is 26.8. The van der Waals surface area contributed by atoms with Gasteiger partial charge in [0, 0.05) is 38.9 Å². The molecular weight excluding hydrogens is 1020 g/mol. The van der Waals surface area contributed by atoms with E-state index in [4.69, 9.17) is 0 Å². The third-order valence-corrected chi connectivity index (χ3v) is 18.7. The number of aryl methyl sites for hydroxylation is 2. The lowest BCUT2D eigenvalue weighted by atomic mass is 9.70. The molecule has 0 aliphatic heterocycles. The Bertz CT molecular complexity index is 3970. The van der Waals surface area contributed by atoms with E-state index < -0.39 is 0 Å². The van der Waals surface area contributed by atoms with Crippen LogP contribution in [0.4, 0.5) is 17.1 Å². The summed E-state index contributed by atoms with van der Waals surface area (Å²) in [4.78, 5) is 2.41. The summed E-state index contributed by atoms with van der Waals surface area (Å²) in [6, 6.07) is 86.9. The highest BCUT2D eigenvalue weighted by atomic mass is 15.1. The smallest absolute Gasteiger partial charge is 0.0547 e. The molecule has 10 aromatic carbocycles. The van der Waals surface area contributed by atoms with Gasteiger partial charge in [-0.25, -0.2) is 0 Å². The Morgan fingerprint density at radius 2 is 0.729 bits per heavy atom. The Morgan fingerprint density at radius 3 is 1.35 bits per heavy atom. The molecule has 0 spiro atoms. The maximum atomic E-state index is 2.62. The zero-order chi connectivity index (χ0) is 58.0. The van der Waals surface area contributed by atoms with Gasteiger partial charge in [-0.15, -0.1) is 0 Å². The summed E-state index contributed by atoms with van der Waals surface area (Å²) < 4.78 is 2.45. The summed E-state index contributed by atoms with van der Waals surface area (Å²) in [5.74, 6) is 0. The average molecular weight is 1110 g/mol. The Kier molecular flexibility index (Phi) is 18.0. The van der Waals surface area contributed by atoms with Crippen molar-refractivity contribution in [2.75, 3.05) is 4.90 Å². The molecule has 0 N–H and O–H groups in total. The van der Waals surface area contributed by atoms with Crippen LogP contribution in [-0.4, -0.2) is 4.57 Å². The number of benzene rings is 10. The lowest BCUT2D eigenvalue weighted by Crippen LogP contribution is -2.25. The van der Waals surface area contributed by atoms with Crippen LogP contribution in [0.15, 0.2) is 231 Å². The van der Waals surface area contributed by atoms with E-state index in [-0.39, 0.29) is 5.41 Å². The topological polar surface area (TPSA) is 8.17 Å². The van der Waals surface area contributed by atoms with E-state index in [9.17, 15) is 0 Å². The van der Waals surface area contributed by atoms with E-state index >= 15 is 0 Å². The van der Waals surface area contributed by atoms with Crippen LogP contribution in [0.3, 0.4) is 0 Å². The lowest BCUT2D eigenvalue weighted by molar-refractivity contribution is 0.397. The van der Waals surface area contributed by atoms with Crippen molar-refractivity contribution in [2.45, 2.75) is 149 Å². The van der Waals surface area contributed by atoms with Crippen molar-refractivity contribution in [2.24, 2.45) is 0 Å². The molecule has 1 aliphatic carbocycles. The predicted octanol–water partition coefficient (Wildman–Crippen LogP) is 24.9. The van der Waals surface area contributed by atoms with E-state index in [2.05, 4.69) is 268 Å². The number of hydrogen-bond donors (Lipinski definition) is 0. The average Bonchev–Trinajstić information content (AvgIpc) is 1.80. The fraction of sp³-hybridized carbons (Fsp3) is 0.277. The Balaban J connectivity index is 0.840. The molecule has 11 aromatic rings. The third-order valence-electron chi connectivity index (χ3n) is 18.7. The van der Waals surface area contributed by atoms with Gasteiger partial charge in [0.1, 0.15) is 0 Å². The minimum Gasteiger partial charge on any atom is -0.311 e. The highest BCUT2D eigenvalue weighted by Gasteiger charge is 2.42. The fourth-order valence-corrected chi connectivity index (χ4v) is 14.1. The van der Waals surface area contributed by atoms with Gasteiger partial charge < -0.3 is 9.47 Å². The number of fused-ring (bicyclic) bond motifs is 6. The van der Waals surface area contributed by atoms with Crippen LogP contribution in [0.1, 0.15) is 152 Å². The van der Waals surface area contributed by atoms with Crippen molar-refractivity contribution < 1.29 is 0 Å². The largest absolute Gasteiger partial charge is 0.311 e. The fourth-order valence-electron chi connectivity index (χ4n) is 14.1. The van der Waals surface area contributed by atoms with Crippen LogP contribution in [0, 0.1) is 13.8 Å². The molecule has 428 valence electrons. The molecule has 0 amide bonds. The Morgan fingerprint density at radius 1 is 0.306 bits per heavy atom. The van der Waals surface area contributed by atoms with Gasteiger partial charge in [0.15, 0.2) is 0 Å². The lowest BCUT2D eigenvalue weighted by Gasteiger charge is -2.33. The second-order valence-electron chi connectivity index (χ2n) is 24.7. The van der Waals surface area contributed by atoms with Gasteiger partial charge >= 0.3 is 0 Å². The van der Waals surface area contributed by atoms with Crippen molar-refractivity contribution in [3.63, 3.8) is 0 Å². The van der Waals surface area contributed by atoms with Gasteiger partial charge in [-0.2, -0.15) is 0 Å². The van der Waals surface area contributed by atoms with Gasteiger partial charge in [0.05, 0.1) is 11.0 Å². The van der Waals surface area contributed by atoms with Gasteiger partial charge in [-0.05, 0) is 166 Å². The molecule has 0 atom stereocenters. The monoisotopic (exact) mass is 1110 g/mol. The van der Waals surface area contributed by atoms with Crippen LogP contribution >= 0.6 is 0 Å². The number of unbranched alkanes of at least 4 members (excludes halogenated alkanes) is 14. The van der Waals surface area contributed by atoms with Crippen LogP contribution < -0.4 is 4.90 Å². The molecule has 85 heavy (non-hydrogen) atoms. The highest BCUT2D eigenvalue weighted by Crippen LogP contribution is 2.55. The molecule has 1 heterocycles. The molecule has 0 fully saturated rings. The third kappa shape index (κ3) is 12.5. The molecule has 0 bridgehead atoms. The van der Waals surface area contributed by atoms with Gasteiger partial charge in [-0.3, -0.25) is 0 Å². The summed E-state index contributed by atoms with van der Waals surface area (Å²) in [7, 11) is 0. The van der Waals surface area contributed by atoms with Gasteiger partial charge in [-0.1, -0.05) is 285 Å². The van der Waals surface area contributed by atoms with Crippen molar-refractivity contribution in [3.05, 3.63) is 253 Å². The molecule has 2 heteroatoms. The molecule has 0 saturated heterocycles. The Labute approximate surface area is 508 Å². The zero-order valence-corrected chi connectivity index (χ0v) is 51.1. The van der Waals surface area contributed by atoms with E-state index in [1.807, 2.05) is 0 Å².